The standard InChI is InChI=1S/C16H18N2O2/c17-16(19)20-12-11-18-15(13-7-3-1-4-8-13)14-9-5-2-6-10-14/h1-10,15,18H,11-12H2,(H2,17,19). The van der Waals surface area contributed by atoms with Crippen molar-refractivity contribution in [2.75, 3.05) is 13.2 Å². The van der Waals surface area contributed by atoms with Crippen molar-refractivity contribution in [2.24, 2.45) is 5.73 Å². The molecule has 4 heteroatoms. The second-order valence-corrected chi connectivity index (χ2v) is 4.38. The Hall–Kier alpha value is -2.33. The van der Waals surface area contributed by atoms with Gasteiger partial charge in [-0.3, -0.25) is 0 Å². The number of carbonyl (C=O) groups is 1. The Morgan fingerprint density at radius 1 is 1.00 bits per heavy atom. The van der Waals surface area contributed by atoms with Gasteiger partial charge in [0.05, 0.1) is 6.04 Å². The third kappa shape index (κ3) is 4.10. The van der Waals surface area contributed by atoms with Crippen LogP contribution in [0.3, 0.4) is 0 Å². The van der Waals surface area contributed by atoms with E-state index in [1.807, 2.05) is 36.4 Å². The van der Waals surface area contributed by atoms with Crippen molar-refractivity contribution in [2.45, 2.75) is 6.04 Å². The molecule has 0 aliphatic carbocycles. The molecule has 0 saturated heterocycles. The van der Waals surface area contributed by atoms with Crippen LogP contribution in [-0.4, -0.2) is 19.2 Å². The average Bonchev–Trinajstić information content (AvgIpc) is 2.49. The van der Waals surface area contributed by atoms with Crippen LogP contribution in [0.4, 0.5) is 4.79 Å². The van der Waals surface area contributed by atoms with Crippen LogP contribution in [0, 0.1) is 0 Å². The van der Waals surface area contributed by atoms with Gasteiger partial charge in [-0.2, -0.15) is 0 Å². The Balaban J connectivity index is 2.07. The summed E-state index contributed by atoms with van der Waals surface area (Å²) in [6.07, 6.45) is -0.747. The second-order valence-electron chi connectivity index (χ2n) is 4.38. The van der Waals surface area contributed by atoms with Crippen molar-refractivity contribution < 1.29 is 9.53 Å². The average molecular weight is 270 g/mol. The van der Waals surface area contributed by atoms with Crippen molar-refractivity contribution in [3.8, 4) is 0 Å². The summed E-state index contributed by atoms with van der Waals surface area (Å²) in [6, 6.07) is 20.3. The normalized spacial score (nSPS) is 10.4. The number of nitrogens with one attached hydrogen (secondary N) is 1. The molecule has 0 radical (unpaired) electrons. The first-order valence-electron chi connectivity index (χ1n) is 6.53. The van der Waals surface area contributed by atoms with E-state index >= 15 is 0 Å². The smallest absolute Gasteiger partial charge is 0.404 e. The van der Waals surface area contributed by atoms with Crippen molar-refractivity contribution >= 4 is 6.09 Å². The second kappa shape index (κ2) is 7.31. The van der Waals surface area contributed by atoms with Gasteiger partial charge in [-0.05, 0) is 11.1 Å². The number of rotatable bonds is 6. The molecule has 4 nitrogen and oxygen atoms in total. The highest BCUT2D eigenvalue weighted by molar-refractivity contribution is 5.64. The van der Waals surface area contributed by atoms with E-state index in [0.717, 1.165) is 11.1 Å². The van der Waals surface area contributed by atoms with Gasteiger partial charge in [0.25, 0.3) is 0 Å². The van der Waals surface area contributed by atoms with Crippen molar-refractivity contribution in [3.63, 3.8) is 0 Å². The van der Waals surface area contributed by atoms with Crippen LogP contribution >= 0.6 is 0 Å². The first kappa shape index (κ1) is 14.1. The number of nitrogens with two attached hydrogens (primary N) is 1. The van der Waals surface area contributed by atoms with Crippen LogP contribution in [0.15, 0.2) is 60.7 Å². The van der Waals surface area contributed by atoms with E-state index in [1.165, 1.54) is 0 Å². The van der Waals surface area contributed by atoms with Crippen LogP contribution in [0.2, 0.25) is 0 Å². The summed E-state index contributed by atoms with van der Waals surface area (Å²) in [5.41, 5.74) is 7.27. The summed E-state index contributed by atoms with van der Waals surface area (Å²) < 4.78 is 4.74. The molecule has 0 saturated carbocycles. The highest BCUT2D eigenvalue weighted by Gasteiger charge is 2.12. The number of ether oxygens (including phenoxy) is 1. The number of benzene rings is 2. The van der Waals surface area contributed by atoms with E-state index in [1.54, 1.807) is 0 Å². The van der Waals surface area contributed by atoms with Gasteiger partial charge >= 0.3 is 6.09 Å². The summed E-state index contributed by atoms with van der Waals surface area (Å²) in [5.74, 6) is 0. The van der Waals surface area contributed by atoms with Crippen LogP contribution in [0.5, 0.6) is 0 Å². The minimum absolute atomic E-state index is 0.0638. The number of hydrogen-bond acceptors (Lipinski definition) is 3. The van der Waals surface area contributed by atoms with Crippen molar-refractivity contribution in [1.82, 2.24) is 5.32 Å². The molecule has 0 aliphatic rings. The molecule has 2 aromatic rings. The molecule has 104 valence electrons. The summed E-state index contributed by atoms with van der Waals surface area (Å²) in [5, 5.41) is 3.37. The molecule has 0 heterocycles. The maximum atomic E-state index is 10.6. The molecule has 0 fully saturated rings. The first-order chi connectivity index (χ1) is 9.77. The van der Waals surface area contributed by atoms with E-state index in [4.69, 9.17) is 10.5 Å². The van der Waals surface area contributed by atoms with Gasteiger partial charge in [-0.25, -0.2) is 4.79 Å². The Bertz CT molecular complexity index is 489. The van der Waals surface area contributed by atoms with E-state index in [2.05, 4.69) is 29.6 Å². The number of primary amides is 1. The minimum atomic E-state index is -0.747. The zero-order valence-corrected chi connectivity index (χ0v) is 11.2. The lowest BCUT2D eigenvalue weighted by atomic mass is 9.99. The lowest BCUT2D eigenvalue weighted by molar-refractivity contribution is 0.156. The molecular weight excluding hydrogens is 252 g/mol. The minimum Gasteiger partial charge on any atom is -0.448 e. The Morgan fingerprint density at radius 2 is 1.50 bits per heavy atom. The van der Waals surface area contributed by atoms with Gasteiger partial charge in [-0.1, -0.05) is 60.7 Å². The molecule has 0 bridgehead atoms. The van der Waals surface area contributed by atoms with Crippen LogP contribution in [0.1, 0.15) is 17.2 Å². The summed E-state index contributed by atoms with van der Waals surface area (Å²) >= 11 is 0. The van der Waals surface area contributed by atoms with Crippen LogP contribution in [-0.2, 0) is 4.74 Å². The fraction of sp³-hybridized carbons (Fsp3) is 0.188. The third-order valence-corrected chi connectivity index (χ3v) is 2.96. The lowest BCUT2D eigenvalue weighted by Gasteiger charge is -2.19. The van der Waals surface area contributed by atoms with Gasteiger partial charge in [0.15, 0.2) is 0 Å². The fourth-order valence-corrected chi connectivity index (χ4v) is 2.07. The largest absolute Gasteiger partial charge is 0.448 e. The maximum Gasteiger partial charge on any atom is 0.404 e. The molecule has 0 aliphatic heterocycles. The predicted octanol–water partition coefficient (Wildman–Crippen LogP) is 2.46. The van der Waals surface area contributed by atoms with E-state index in [0.29, 0.717) is 6.54 Å². The molecule has 0 atom stereocenters. The summed E-state index contributed by atoms with van der Waals surface area (Å²) in [6.45, 7) is 0.795. The third-order valence-electron chi connectivity index (χ3n) is 2.96. The number of amides is 1. The molecule has 20 heavy (non-hydrogen) atoms. The Labute approximate surface area is 118 Å². The highest BCUT2D eigenvalue weighted by atomic mass is 16.5. The molecular formula is C16H18N2O2. The quantitative estimate of drug-likeness (QED) is 0.792. The number of carbonyl (C=O) groups excluding carboxylic acids is 1. The van der Waals surface area contributed by atoms with E-state index < -0.39 is 6.09 Å². The van der Waals surface area contributed by atoms with Crippen molar-refractivity contribution in [3.05, 3.63) is 71.8 Å². The highest BCUT2D eigenvalue weighted by Crippen LogP contribution is 2.21. The predicted molar refractivity (Wildman–Crippen MR) is 78.3 cm³/mol. The van der Waals surface area contributed by atoms with Gasteiger partial charge in [0.2, 0.25) is 0 Å². The van der Waals surface area contributed by atoms with Gasteiger partial charge < -0.3 is 15.8 Å². The fourth-order valence-electron chi connectivity index (χ4n) is 2.07. The SMILES string of the molecule is NC(=O)OCCNC(c1ccccc1)c1ccccc1. The van der Waals surface area contributed by atoms with E-state index in [-0.39, 0.29) is 12.6 Å². The topological polar surface area (TPSA) is 64.4 Å². The molecule has 2 rings (SSSR count). The zero-order valence-electron chi connectivity index (χ0n) is 11.2. The molecule has 0 unspecified atom stereocenters. The summed E-state index contributed by atoms with van der Waals surface area (Å²) in [4.78, 5) is 10.6. The van der Waals surface area contributed by atoms with Crippen molar-refractivity contribution in [1.29, 1.82) is 0 Å². The Morgan fingerprint density at radius 3 is 1.95 bits per heavy atom. The summed E-state index contributed by atoms with van der Waals surface area (Å²) in [7, 11) is 0. The molecule has 3 N–H and O–H groups in total. The van der Waals surface area contributed by atoms with Crippen LogP contribution in [0.25, 0.3) is 0 Å². The zero-order chi connectivity index (χ0) is 14.2. The maximum absolute atomic E-state index is 10.6. The molecule has 2 aromatic carbocycles. The van der Waals surface area contributed by atoms with Gasteiger partial charge in [-0.15, -0.1) is 0 Å². The number of hydrogen-bond donors (Lipinski definition) is 2. The molecule has 1 amide bonds. The molecule has 0 aromatic heterocycles. The van der Waals surface area contributed by atoms with Crippen LogP contribution < -0.4 is 11.1 Å². The van der Waals surface area contributed by atoms with Gasteiger partial charge in [0.1, 0.15) is 6.61 Å². The lowest BCUT2D eigenvalue weighted by Crippen LogP contribution is -2.28. The van der Waals surface area contributed by atoms with E-state index in [9.17, 15) is 4.79 Å². The monoisotopic (exact) mass is 270 g/mol. The molecule has 0 spiro atoms. The Kier molecular flexibility index (Phi) is 5.15. The first-order valence-corrected chi connectivity index (χ1v) is 6.53. The van der Waals surface area contributed by atoms with Gasteiger partial charge in [0, 0.05) is 6.54 Å².